The van der Waals surface area contributed by atoms with Gasteiger partial charge in [-0.1, -0.05) is 244 Å². The lowest BCUT2D eigenvalue weighted by molar-refractivity contribution is 0.590. The van der Waals surface area contributed by atoms with Crippen LogP contribution in [0.25, 0.3) is 88.4 Å². The summed E-state index contributed by atoms with van der Waals surface area (Å²) in [4.78, 5) is 7.66. The summed E-state index contributed by atoms with van der Waals surface area (Å²) in [5.74, 6) is 0. The van der Waals surface area contributed by atoms with Gasteiger partial charge < -0.3 is 23.5 Å². The van der Waals surface area contributed by atoms with Crippen LogP contribution in [0.1, 0.15) is 79.0 Å². The van der Waals surface area contributed by atoms with Crippen LogP contribution in [0.4, 0.5) is 51.2 Å². The van der Waals surface area contributed by atoms with E-state index in [4.69, 9.17) is 8.83 Å². The molecule has 0 bridgehead atoms. The van der Waals surface area contributed by atoms with Gasteiger partial charge in [-0.2, -0.15) is 0 Å². The van der Waals surface area contributed by atoms with Crippen LogP contribution >= 0.6 is 0 Å². The smallest absolute Gasteiger partial charge is 0.252 e. The summed E-state index contributed by atoms with van der Waals surface area (Å²) >= 11 is 0. The van der Waals surface area contributed by atoms with Crippen LogP contribution in [-0.2, 0) is 16.2 Å². The van der Waals surface area contributed by atoms with E-state index in [0.29, 0.717) is 0 Å². The summed E-state index contributed by atoms with van der Waals surface area (Å²) in [6.45, 7) is 20.6. The summed E-state index contributed by atoms with van der Waals surface area (Å²) in [7, 11) is 0. The molecule has 5 nitrogen and oxygen atoms in total. The van der Waals surface area contributed by atoms with E-state index >= 15 is 0 Å². The topological polar surface area (TPSA) is 36.0 Å². The fourth-order valence-electron chi connectivity index (χ4n) is 15.1. The maximum absolute atomic E-state index is 6.62. The highest BCUT2D eigenvalue weighted by atomic mass is 16.3. The monoisotopic (exact) mass is 1240 g/mol. The van der Waals surface area contributed by atoms with Crippen molar-refractivity contribution in [1.29, 1.82) is 0 Å². The number of furan rings is 2. The quantitative estimate of drug-likeness (QED) is 0.135. The zero-order valence-corrected chi connectivity index (χ0v) is 55.9. The van der Waals surface area contributed by atoms with Gasteiger partial charge in [0.15, 0.2) is 0 Å². The molecule has 0 aliphatic carbocycles. The molecule has 464 valence electrons. The van der Waals surface area contributed by atoms with E-state index in [1.165, 1.54) is 38.6 Å². The summed E-state index contributed by atoms with van der Waals surface area (Å²) in [5, 5.41) is 4.46. The predicted molar refractivity (Wildman–Crippen MR) is 408 cm³/mol. The van der Waals surface area contributed by atoms with Crippen molar-refractivity contribution in [3.8, 4) is 44.5 Å². The van der Waals surface area contributed by atoms with Gasteiger partial charge in [0.1, 0.15) is 22.3 Å². The number of fused-ring (bicyclic) bond motifs is 10. The van der Waals surface area contributed by atoms with Gasteiger partial charge in [0.25, 0.3) is 6.71 Å². The second kappa shape index (κ2) is 22.3. The van der Waals surface area contributed by atoms with E-state index < -0.39 is 0 Å². The zero-order valence-electron chi connectivity index (χ0n) is 55.9. The zero-order chi connectivity index (χ0) is 65.4. The Bertz CT molecular complexity index is 5470. The second-order valence-corrected chi connectivity index (χ2v) is 29.3. The summed E-state index contributed by atoms with van der Waals surface area (Å²) < 4.78 is 13.1. The lowest BCUT2D eigenvalue weighted by Crippen LogP contribution is -2.61. The summed E-state index contributed by atoms with van der Waals surface area (Å²) in [6, 6.07) is 106. The summed E-state index contributed by atoms with van der Waals surface area (Å²) in [6.07, 6.45) is 0. The lowest BCUT2D eigenvalue weighted by Gasteiger charge is -2.46. The number of benzene rings is 13. The molecule has 0 fully saturated rings. The normalized spacial score (nSPS) is 13.0. The Morgan fingerprint density at radius 1 is 0.292 bits per heavy atom. The first kappa shape index (κ1) is 58.7. The van der Waals surface area contributed by atoms with Crippen LogP contribution < -0.4 is 31.1 Å². The van der Waals surface area contributed by atoms with Gasteiger partial charge >= 0.3 is 0 Å². The number of nitrogens with zero attached hydrogens (tertiary/aromatic N) is 3. The molecule has 96 heavy (non-hydrogen) atoms. The van der Waals surface area contributed by atoms with E-state index in [-0.39, 0.29) is 23.0 Å². The third-order valence-electron chi connectivity index (χ3n) is 20.1. The second-order valence-electron chi connectivity index (χ2n) is 29.3. The van der Waals surface area contributed by atoms with Crippen LogP contribution in [-0.4, -0.2) is 6.71 Å². The van der Waals surface area contributed by atoms with E-state index in [1.54, 1.807) is 0 Å². The maximum atomic E-state index is 6.62. The first-order chi connectivity index (χ1) is 46.5. The van der Waals surface area contributed by atoms with Crippen molar-refractivity contribution < 1.29 is 8.83 Å². The standard InChI is InChI=1S/C90H74BN3O2/c1-88(2,3)62-38-44-65(45-39-62)92(66-46-40-63(41-47-66)89(4,5)6)68-48-49-74-78(56-68)94(76-50-36-60(57-22-12-10-13-23-57)52-73(76)58-24-14-11-15-25-58)80-55-64(90(7,8)9)54-79-87(80)91(74)75-53-61(70-29-21-33-84-86(70)72-27-17-19-31-82(72)96-84)37-51-77(75)93(79)67-42-34-59(35-43-67)69-28-20-32-83-85(69)71-26-16-18-30-81(71)95-83/h10-56H,1-9H3. The molecule has 0 atom stereocenters. The summed E-state index contributed by atoms with van der Waals surface area (Å²) in [5.41, 5.74) is 29.8. The Hall–Kier alpha value is -11.1. The first-order valence-corrected chi connectivity index (χ1v) is 33.7. The molecule has 0 saturated carbocycles. The van der Waals surface area contributed by atoms with Crippen molar-refractivity contribution in [3.63, 3.8) is 0 Å². The highest BCUT2D eigenvalue weighted by Crippen LogP contribution is 2.52. The van der Waals surface area contributed by atoms with E-state index in [0.717, 1.165) is 134 Å². The average Bonchev–Trinajstić information content (AvgIpc) is 0.781. The molecule has 15 aromatic rings. The van der Waals surface area contributed by atoms with Crippen molar-refractivity contribution in [2.24, 2.45) is 0 Å². The molecule has 0 unspecified atom stereocenters. The SMILES string of the molecule is CC(C)(C)c1ccc(N(c2ccc(C(C)(C)C)cc2)c2ccc3c(c2)N(c2ccc(-c4ccccc4)cc2-c2ccccc2)c2cc(C(C)(C)C)cc4c2B3c2cc(-c3cccc5oc6ccccc6c35)ccc2N4c2ccc(-c3cccc4oc5ccccc5c34)cc2)cc1. The molecule has 0 N–H and O–H groups in total. The molecule has 2 aliphatic heterocycles. The fourth-order valence-corrected chi connectivity index (χ4v) is 15.1. The third kappa shape index (κ3) is 9.83. The molecule has 2 aliphatic rings. The van der Waals surface area contributed by atoms with Gasteiger partial charge in [-0.05, 0) is 191 Å². The Balaban J connectivity index is 0.958. The van der Waals surface area contributed by atoms with Crippen LogP contribution in [0.5, 0.6) is 0 Å². The van der Waals surface area contributed by atoms with Crippen LogP contribution in [0.15, 0.2) is 294 Å². The van der Waals surface area contributed by atoms with Crippen LogP contribution in [0.3, 0.4) is 0 Å². The first-order valence-electron chi connectivity index (χ1n) is 33.7. The maximum Gasteiger partial charge on any atom is 0.252 e. The Labute approximate surface area is 563 Å². The largest absolute Gasteiger partial charge is 0.456 e. The van der Waals surface area contributed by atoms with Crippen LogP contribution in [0.2, 0.25) is 0 Å². The number of hydrogen-bond acceptors (Lipinski definition) is 5. The molecule has 17 rings (SSSR count). The van der Waals surface area contributed by atoms with E-state index in [9.17, 15) is 0 Å². The molecular formula is C90H74BN3O2. The molecule has 4 heterocycles. The van der Waals surface area contributed by atoms with Gasteiger partial charge in [-0.25, -0.2) is 0 Å². The van der Waals surface area contributed by atoms with Crippen molar-refractivity contribution >= 4 is 118 Å². The fraction of sp³-hybridized carbons (Fsp3) is 0.133. The molecule has 6 heteroatoms. The molecule has 0 radical (unpaired) electrons. The molecule has 13 aromatic carbocycles. The molecular weight excluding hydrogens is 1170 g/mol. The van der Waals surface area contributed by atoms with E-state index in [2.05, 4.69) is 356 Å². The number of anilines is 9. The predicted octanol–water partition coefficient (Wildman–Crippen LogP) is 23.6. The average molecular weight is 1240 g/mol. The minimum absolute atomic E-state index is 0.0196. The molecule has 2 aromatic heterocycles. The van der Waals surface area contributed by atoms with Crippen molar-refractivity contribution in [1.82, 2.24) is 0 Å². The number of para-hydroxylation sites is 2. The minimum Gasteiger partial charge on any atom is -0.456 e. The van der Waals surface area contributed by atoms with Gasteiger partial charge in [0.05, 0.1) is 5.69 Å². The Morgan fingerprint density at radius 3 is 1.33 bits per heavy atom. The third-order valence-corrected chi connectivity index (χ3v) is 20.1. The van der Waals surface area contributed by atoms with Gasteiger partial charge in [-0.3, -0.25) is 0 Å². The Morgan fingerprint density at radius 2 is 0.760 bits per heavy atom. The highest BCUT2D eigenvalue weighted by Gasteiger charge is 2.45. The molecule has 0 saturated heterocycles. The Kier molecular flexibility index (Phi) is 13.6. The van der Waals surface area contributed by atoms with Crippen molar-refractivity contribution in [2.75, 3.05) is 14.7 Å². The van der Waals surface area contributed by atoms with E-state index in [1.807, 2.05) is 6.07 Å². The van der Waals surface area contributed by atoms with Gasteiger partial charge in [0, 0.05) is 72.6 Å². The number of hydrogen-bond donors (Lipinski definition) is 0. The van der Waals surface area contributed by atoms with Crippen molar-refractivity contribution in [3.05, 3.63) is 302 Å². The van der Waals surface area contributed by atoms with Crippen LogP contribution in [0, 0.1) is 0 Å². The lowest BCUT2D eigenvalue weighted by atomic mass is 9.33. The van der Waals surface area contributed by atoms with Gasteiger partial charge in [-0.15, -0.1) is 0 Å². The number of rotatable bonds is 9. The highest BCUT2D eigenvalue weighted by molar-refractivity contribution is 7.00. The van der Waals surface area contributed by atoms with Crippen molar-refractivity contribution in [2.45, 2.75) is 78.6 Å². The minimum atomic E-state index is -0.263. The molecule has 0 spiro atoms. The van der Waals surface area contributed by atoms with Gasteiger partial charge in [0.2, 0.25) is 0 Å². The molecule has 0 amide bonds.